The fourth-order valence-corrected chi connectivity index (χ4v) is 2.38. The predicted molar refractivity (Wildman–Crippen MR) is 72.5 cm³/mol. The second-order valence-electron chi connectivity index (χ2n) is 3.37. The third-order valence-corrected chi connectivity index (χ3v) is 2.82. The number of aryl methyl sites for hydroxylation is 1. The molecule has 4 heteroatoms. The fourth-order valence-electron chi connectivity index (χ4n) is 1.30. The number of rotatable bonds is 6. The smallest absolute Gasteiger partial charge is 0.136 e. The molecule has 0 atom stereocenters. The Morgan fingerprint density at radius 2 is 2.31 bits per heavy atom. The maximum Gasteiger partial charge on any atom is 0.136 e. The van der Waals surface area contributed by atoms with Crippen molar-refractivity contribution < 1.29 is 4.74 Å². The molecular weight excluding hydrogens is 289 g/mol. The molecule has 0 saturated carbocycles. The van der Waals surface area contributed by atoms with E-state index in [0.29, 0.717) is 11.6 Å². The summed E-state index contributed by atoms with van der Waals surface area (Å²) in [5.74, 6) is 0.852. The van der Waals surface area contributed by atoms with Crippen molar-refractivity contribution in [3.05, 3.63) is 39.8 Å². The zero-order valence-corrected chi connectivity index (χ0v) is 11.6. The zero-order valence-electron chi connectivity index (χ0n) is 9.22. The Morgan fingerprint density at radius 1 is 1.56 bits per heavy atom. The second-order valence-corrected chi connectivity index (χ2v) is 4.67. The Balaban J connectivity index is 2.50. The number of benzene rings is 1. The third-order valence-electron chi connectivity index (χ3n) is 2.01. The van der Waals surface area contributed by atoms with E-state index in [9.17, 15) is 0 Å². The van der Waals surface area contributed by atoms with Gasteiger partial charge in [-0.15, -0.1) is 6.58 Å². The van der Waals surface area contributed by atoms with Crippen LogP contribution < -0.4 is 10.1 Å². The van der Waals surface area contributed by atoms with Gasteiger partial charge in [0.1, 0.15) is 12.4 Å². The van der Waals surface area contributed by atoms with Crippen molar-refractivity contribution >= 4 is 27.5 Å². The van der Waals surface area contributed by atoms with Crippen LogP contribution in [0.1, 0.15) is 5.56 Å². The van der Waals surface area contributed by atoms with Crippen LogP contribution >= 0.6 is 27.5 Å². The Bertz CT molecular complexity index is 345. The van der Waals surface area contributed by atoms with Crippen molar-refractivity contribution in [3.8, 4) is 5.75 Å². The molecule has 1 aromatic carbocycles. The molecule has 0 aromatic heterocycles. The van der Waals surface area contributed by atoms with Crippen LogP contribution in [0.25, 0.3) is 0 Å². The summed E-state index contributed by atoms with van der Waals surface area (Å²) in [6, 6.07) is 3.72. The van der Waals surface area contributed by atoms with E-state index in [0.717, 1.165) is 28.9 Å². The number of hydrogen-bond acceptors (Lipinski definition) is 2. The van der Waals surface area contributed by atoms with E-state index < -0.39 is 0 Å². The highest BCUT2D eigenvalue weighted by atomic mass is 79.9. The van der Waals surface area contributed by atoms with Crippen molar-refractivity contribution in [1.29, 1.82) is 0 Å². The molecule has 1 aromatic rings. The highest BCUT2D eigenvalue weighted by molar-refractivity contribution is 9.10. The van der Waals surface area contributed by atoms with E-state index >= 15 is 0 Å². The first kappa shape index (κ1) is 13.6. The third kappa shape index (κ3) is 4.16. The van der Waals surface area contributed by atoms with Gasteiger partial charge in [-0.3, -0.25) is 0 Å². The van der Waals surface area contributed by atoms with Gasteiger partial charge in [0.25, 0.3) is 0 Å². The van der Waals surface area contributed by atoms with Crippen molar-refractivity contribution in [2.75, 3.05) is 19.7 Å². The quantitative estimate of drug-likeness (QED) is 0.641. The van der Waals surface area contributed by atoms with E-state index in [1.54, 1.807) is 0 Å². The van der Waals surface area contributed by atoms with Gasteiger partial charge in [0, 0.05) is 18.1 Å². The molecule has 0 unspecified atom stereocenters. The molecule has 0 aliphatic heterocycles. The average Bonchev–Trinajstić information content (AvgIpc) is 2.20. The summed E-state index contributed by atoms with van der Waals surface area (Å²) in [4.78, 5) is 0. The maximum atomic E-state index is 5.92. The van der Waals surface area contributed by atoms with Crippen molar-refractivity contribution in [3.63, 3.8) is 0 Å². The zero-order chi connectivity index (χ0) is 12.0. The minimum absolute atomic E-state index is 0.620. The topological polar surface area (TPSA) is 21.3 Å². The molecule has 88 valence electrons. The lowest BCUT2D eigenvalue weighted by Crippen LogP contribution is -2.21. The predicted octanol–water partition coefficient (Wildman–Crippen LogP) is 3.57. The van der Waals surface area contributed by atoms with Gasteiger partial charge in [-0.2, -0.15) is 0 Å². The normalized spacial score (nSPS) is 10.2. The number of nitrogens with one attached hydrogen (secondary N) is 1. The van der Waals surface area contributed by atoms with Gasteiger partial charge < -0.3 is 10.1 Å². The van der Waals surface area contributed by atoms with Crippen LogP contribution in [0.2, 0.25) is 5.02 Å². The van der Waals surface area contributed by atoms with E-state index in [4.69, 9.17) is 16.3 Å². The summed E-state index contributed by atoms with van der Waals surface area (Å²) in [6.45, 7) is 7.81. The minimum Gasteiger partial charge on any atom is -0.491 e. The highest BCUT2D eigenvalue weighted by Crippen LogP contribution is 2.31. The monoisotopic (exact) mass is 303 g/mol. The highest BCUT2D eigenvalue weighted by Gasteiger charge is 2.06. The molecule has 16 heavy (non-hydrogen) atoms. The van der Waals surface area contributed by atoms with E-state index in [2.05, 4.69) is 27.8 Å². The Hall–Kier alpha value is -0.510. The number of hydrogen-bond donors (Lipinski definition) is 1. The van der Waals surface area contributed by atoms with Crippen LogP contribution in [-0.4, -0.2) is 19.7 Å². The summed E-state index contributed by atoms with van der Waals surface area (Å²) in [5, 5.41) is 3.88. The Morgan fingerprint density at radius 3 is 2.94 bits per heavy atom. The van der Waals surface area contributed by atoms with Gasteiger partial charge in [-0.05, 0) is 40.5 Å². The average molecular weight is 305 g/mol. The lowest BCUT2D eigenvalue weighted by Gasteiger charge is -2.11. The summed E-state index contributed by atoms with van der Waals surface area (Å²) >= 11 is 9.35. The van der Waals surface area contributed by atoms with E-state index in [1.165, 1.54) is 0 Å². The van der Waals surface area contributed by atoms with E-state index in [1.807, 2.05) is 25.1 Å². The van der Waals surface area contributed by atoms with Crippen LogP contribution in [0.15, 0.2) is 29.3 Å². The van der Waals surface area contributed by atoms with Crippen molar-refractivity contribution in [2.45, 2.75) is 6.92 Å². The van der Waals surface area contributed by atoms with E-state index in [-0.39, 0.29) is 0 Å². The van der Waals surface area contributed by atoms with Gasteiger partial charge in [-0.1, -0.05) is 17.7 Å². The number of halogens is 2. The summed E-state index contributed by atoms with van der Waals surface area (Å²) < 4.78 is 6.56. The largest absolute Gasteiger partial charge is 0.491 e. The fraction of sp³-hybridized carbons (Fsp3) is 0.333. The first-order chi connectivity index (χ1) is 7.65. The molecule has 1 N–H and O–H groups in total. The van der Waals surface area contributed by atoms with Crippen LogP contribution in [0, 0.1) is 6.92 Å². The molecule has 0 bridgehead atoms. The summed E-state index contributed by atoms with van der Waals surface area (Å²) in [6.07, 6.45) is 1.82. The van der Waals surface area contributed by atoms with Crippen LogP contribution in [0.3, 0.4) is 0 Å². The minimum atomic E-state index is 0.620. The van der Waals surface area contributed by atoms with Gasteiger partial charge in [0.15, 0.2) is 0 Å². The molecule has 0 aliphatic carbocycles. The molecule has 0 spiro atoms. The molecular formula is C12H15BrClNO. The lowest BCUT2D eigenvalue weighted by molar-refractivity contribution is 0.312. The molecule has 0 heterocycles. The molecule has 0 aliphatic rings. The van der Waals surface area contributed by atoms with Gasteiger partial charge in [0.2, 0.25) is 0 Å². The maximum absolute atomic E-state index is 5.92. The first-order valence-corrected chi connectivity index (χ1v) is 6.22. The molecule has 0 radical (unpaired) electrons. The van der Waals surface area contributed by atoms with Gasteiger partial charge >= 0.3 is 0 Å². The van der Waals surface area contributed by atoms with Crippen LogP contribution in [-0.2, 0) is 0 Å². The number of ether oxygens (including phenoxy) is 1. The van der Waals surface area contributed by atoms with Gasteiger partial charge in [-0.25, -0.2) is 0 Å². The second kappa shape index (κ2) is 6.94. The van der Waals surface area contributed by atoms with Gasteiger partial charge in [0.05, 0.1) is 4.47 Å². The van der Waals surface area contributed by atoms with Crippen LogP contribution in [0.5, 0.6) is 5.75 Å². The molecule has 0 saturated heterocycles. The van der Waals surface area contributed by atoms with Crippen molar-refractivity contribution in [2.24, 2.45) is 0 Å². The molecule has 2 nitrogen and oxygen atoms in total. The Kier molecular flexibility index (Phi) is 5.88. The lowest BCUT2D eigenvalue weighted by atomic mass is 10.2. The first-order valence-electron chi connectivity index (χ1n) is 5.05. The molecule has 0 amide bonds. The Labute approximate surface area is 110 Å². The van der Waals surface area contributed by atoms with Crippen LogP contribution in [0.4, 0.5) is 0 Å². The molecule has 0 fully saturated rings. The SMILES string of the molecule is C=CCNCCOc1c(C)cc(Cl)cc1Br. The van der Waals surface area contributed by atoms with Crippen molar-refractivity contribution in [1.82, 2.24) is 5.32 Å². The summed E-state index contributed by atoms with van der Waals surface area (Å²) in [5.41, 5.74) is 1.03. The molecule has 1 rings (SSSR count). The standard InChI is InChI=1S/C12H15BrClNO/c1-3-4-15-5-6-16-12-9(2)7-10(14)8-11(12)13/h3,7-8,15H,1,4-6H2,2H3. The summed E-state index contributed by atoms with van der Waals surface area (Å²) in [7, 11) is 0.